The molecule has 2 nitrogen and oxygen atoms in total. The summed E-state index contributed by atoms with van der Waals surface area (Å²) in [6, 6.07) is 0. The average molecular weight is 333 g/mol. The summed E-state index contributed by atoms with van der Waals surface area (Å²) in [4.78, 5) is 0. The van der Waals surface area contributed by atoms with Gasteiger partial charge in [0.25, 0.3) is 0 Å². The maximum absolute atomic E-state index is 6.61. The Morgan fingerprint density at radius 2 is 1.79 bits per heavy atom. The summed E-state index contributed by atoms with van der Waals surface area (Å²) < 4.78 is 13.2. The van der Waals surface area contributed by atoms with Crippen molar-refractivity contribution < 1.29 is 9.47 Å². The van der Waals surface area contributed by atoms with E-state index in [0.717, 1.165) is 5.92 Å². The van der Waals surface area contributed by atoms with Gasteiger partial charge in [-0.1, -0.05) is 31.9 Å². The zero-order valence-corrected chi connectivity index (χ0v) is 16.6. The normalized spacial score (nSPS) is 47.4. The SMILES string of the molecule is CC1=C2CCC3[C@H](CC[C@@]4(C(C)C)OC(C)(C)O[C@@H]34)[C@@]2(C)CCC1. The Kier molecular flexibility index (Phi) is 3.80. The molecule has 136 valence electrons. The summed E-state index contributed by atoms with van der Waals surface area (Å²) in [6.07, 6.45) is 9.43. The molecule has 0 aromatic rings. The van der Waals surface area contributed by atoms with Gasteiger partial charge in [-0.3, -0.25) is 0 Å². The number of fused-ring (bicyclic) bond motifs is 5. The van der Waals surface area contributed by atoms with Gasteiger partial charge in [0.05, 0.1) is 6.10 Å². The number of hydrogen-bond donors (Lipinski definition) is 0. The van der Waals surface area contributed by atoms with Crippen molar-refractivity contribution in [2.75, 3.05) is 0 Å². The molecule has 2 saturated carbocycles. The van der Waals surface area contributed by atoms with Crippen LogP contribution in [0, 0.1) is 23.2 Å². The van der Waals surface area contributed by atoms with Gasteiger partial charge in [-0.2, -0.15) is 0 Å². The second-order valence-corrected chi connectivity index (χ2v) is 10.0. The second-order valence-electron chi connectivity index (χ2n) is 10.0. The van der Waals surface area contributed by atoms with Crippen LogP contribution in [0.3, 0.4) is 0 Å². The van der Waals surface area contributed by atoms with E-state index in [4.69, 9.17) is 9.47 Å². The lowest BCUT2D eigenvalue weighted by Gasteiger charge is -2.57. The van der Waals surface area contributed by atoms with E-state index in [2.05, 4.69) is 41.5 Å². The van der Waals surface area contributed by atoms with Gasteiger partial charge in [0.1, 0.15) is 5.60 Å². The summed E-state index contributed by atoms with van der Waals surface area (Å²) >= 11 is 0. The molecule has 0 spiro atoms. The standard InChI is InChI=1S/C22H36O2/c1-14(2)22-13-11-18-16(19(22)23-20(4,5)24-22)9-10-17-15(3)8-7-12-21(17,18)6/h14,16,18-19H,7-13H2,1-6H3/t16?,18-,19-,21-,22-/m0/s1. The first-order valence-electron chi connectivity index (χ1n) is 10.3. The van der Waals surface area contributed by atoms with Crippen molar-refractivity contribution in [3.05, 3.63) is 11.1 Å². The van der Waals surface area contributed by atoms with Gasteiger partial charge >= 0.3 is 0 Å². The van der Waals surface area contributed by atoms with Crippen molar-refractivity contribution in [2.45, 2.75) is 104 Å². The molecule has 1 heterocycles. The molecule has 0 radical (unpaired) electrons. The predicted molar refractivity (Wildman–Crippen MR) is 97.7 cm³/mol. The zero-order chi connectivity index (χ0) is 17.3. The average Bonchev–Trinajstić information content (AvgIpc) is 2.78. The molecule has 4 aliphatic rings. The first-order valence-corrected chi connectivity index (χ1v) is 10.3. The van der Waals surface area contributed by atoms with E-state index in [1.165, 1.54) is 44.9 Å². The highest BCUT2D eigenvalue weighted by atomic mass is 16.8. The van der Waals surface area contributed by atoms with E-state index < -0.39 is 5.79 Å². The van der Waals surface area contributed by atoms with Crippen LogP contribution in [0.1, 0.15) is 86.5 Å². The molecular formula is C22H36O2. The summed E-state index contributed by atoms with van der Waals surface area (Å²) in [5, 5.41) is 0. The molecule has 1 unspecified atom stereocenters. The molecule has 3 fully saturated rings. The molecule has 5 atom stereocenters. The predicted octanol–water partition coefficient (Wildman–Crippen LogP) is 5.86. The second kappa shape index (κ2) is 5.33. The first-order chi connectivity index (χ1) is 11.2. The van der Waals surface area contributed by atoms with E-state index >= 15 is 0 Å². The van der Waals surface area contributed by atoms with Crippen molar-refractivity contribution in [3.63, 3.8) is 0 Å². The molecule has 24 heavy (non-hydrogen) atoms. The Balaban J connectivity index is 1.72. The first kappa shape index (κ1) is 17.1. The Hall–Kier alpha value is -0.340. The summed E-state index contributed by atoms with van der Waals surface area (Å²) in [6.45, 7) is 13.9. The van der Waals surface area contributed by atoms with Crippen LogP contribution >= 0.6 is 0 Å². The van der Waals surface area contributed by atoms with Crippen LogP contribution in [0.4, 0.5) is 0 Å². The van der Waals surface area contributed by atoms with Crippen molar-refractivity contribution in [3.8, 4) is 0 Å². The molecular weight excluding hydrogens is 296 g/mol. The van der Waals surface area contributed by atoms with Gasteiger partial charge in [0, 0.05) is 0 Å². The van der Waals surface area contributed by atoms with E-state index in [-0.39, 0.29) is 11.7 Å². The fourth-order valence-electron chi connectivity index (χ4n) is 7.00. The highest BCUT2D eigenvalue weighted by Gasteiger charge is 2.63. The fraction of sp³-hybridized carbons (Fsp3) is 0.909. The molecule has 1 saturated heterocycles. The van der Waals surface area contributed by atoms with Crippen LogP contribution in [0.5, 0.6) is 0 Å². The molecule has 0 amide bonds. The van der Waals surface area contributed by atoms with Crippen LogP contribution in [-0.4, -0.2) is 17.5 Å². The van der Waals surface area contributed by atoms with E-state index in [1.54, 1.807) is 5.57 Å². The highest BCUT2D eigenvalue weighted by molar-refractivity contribution is 5.29. The third kappa shape index (κ3) is 2.21. The zero-order valence-electron chi connectivity index (χ0n) is 16.6. The largest absolute Gasteiger partial charge is 0.344 e. The lowest BCUT2D eigenvalue weighted by molar-refractivity contribution is -0.172. The van der Waals surface area contributed by atoms with E-state index in [1.807, 2.05) is 5.57 Å². The topological polar surface area (TPSA) is 18.5 Å². The molecule has 0 N–H and O–H groups in total. The molecule has 2 heteroatoms. The van der Waals surface area contributed by atoms with Gasteiger partial charge in [-0.15, -0.1) is 0 Å². The third-order valence-corrected chi connectivity index (χ3v) is 8.06. The minimum Gasteiger partial charge on any atom is -0.344 e. The number of hydrogen-bond acceptors (Lipinski definition) is 2. The summed E-state index contributed by atoms with van der Waals surface area (Å²) in [5.41, 5.74) is 3.87. The monoisotopic (exact) mass is 332 g/mol. The Morgan fingerprint density at radius 1 is 1.04 bits per heavy atom. The highest BCUT2D eigenvalue weighted by Crippen LogP contribution is 2.63. The summed E-state index contributed by atoms with van der Waals surface area (Å²) in [7, 11) is 0. The molecule has 1 aliphatic heterocycles. The lowest BCUT2D eigenvalue weighted by atomic mass is 9.49. The quantitative estimate of drug-likeness (QED) is 0.560. The molecule has 4 rings (SSSR count). The number of allylic oxidation sites excluding steroid dienone is 2. The Labute approximate surface area is 148 Å². The maximum Gasteiger partial charge on any atom is 0.164 e. The fourth-order valence-corrected chi connectivity index (χ4v) is 7.00. The van der Waals surface area contributed by atoms with Crippen molar-refractivity contribution >= 4 is 0 Å². The smallest absolute Gasteiger partial charge is 0.164 e. The molecule has 0 aromatic heterocycles. The third-order valence-electron chi connectivity index (χ3n) is 8.06. The summed E-state index contributed by atoms with van der Waals surface area (Å²) in [5.74, 6) is 1.54. The molecule has 0 bridgehead atoms. The Bertz CT molecular complexity index is 560. The van der Waals surface area contributed by atoms with Crippen LogP contribution in [0.2, 0.25) is 0 Å². The van der Waals surface area contributed by atoms with Gasteiger partial charge in [0.2, 0.25) is 0 Å². The van der Waals surface area contributed by atoms with Gasteiger partial charge in [-0.05, 0) is 88.9 Å². The molecule has 3 aliphatic carbocycles. The van der Waals surface area contributed by atoms with Crippen LogP contribution in [-0.2, 0) is 9.47 Å². The van der Waals surface area contributed by atoms with Gasteiger partial charge in [-0.25, -0.2) is 0 Å². The number of rotatable bonds is 1. The Morgan fingerprint density at radius 3 is 2.50 bits per heavy atom. The van der Waals surface area contributed by atoms with Crippen molar-refractivity contribution in [1.29, 1.82) is 0 Å². The van der Waals surface area contributed by atoms with Crippen molar-refractivity contribution in [1.82, 2.24) is 0 Å². The molecule has 0 aromatic carbocycles. The van der Waals surface area contributed by atoms with E-state index in [0.29, 0.717) is 17.3 Å². The minimum atomic E-state index is -0.427. The maximum atomic E-state index is 6.61. The van der Waals surface area contributed by atoms with Gasteiger partial charge in [0.15, 0.2) is 5.79 Å². The van der Waals surface area contributed by atoms with Crippen LogP contribution in [0.15, 0.2) is 11.1 Å². The lowest BCUT2D eigenvalue weighted by Crippen LogP contribution is -2.58. The van der Waals surface area contributed by atoms with Gasteiger partial charge < -0.3 is 9.47 Å². The van der Waals surface area contributed by atoms with Crippen LogP contribution in [0.25, 0.3) is 0 Å². The van der Waals surface area contributed by atoms with Crippen molar-refractivity contribution in [2.24, 2.45) is 23.2 Å². The van der Waals surface area contributed by atoms with Crippen LogP contribution < -0.4 is 0 Å². The van der Waals surface area contributed by atoms with E-state index in [9.17, 15) is 0 Å². The number of ether oxygens (including phenoxy) is 2. The minimum absolute atomic E-state index is 0.0635.